The van der Waals surface area contributed by atoms with Gasteiger partial charge in [-0.05, 0) is 20.8 Å². The summed E-state index contributed by atoms with van der Waals surface area (Å²) in [7, 11) is -8.18. The largest absolute Gasteiger partial charge is 4.00 e. The average Bonchev–Trinajstić information content (AvgIpc) is 3.07. The van der Waals surface area contributed by atoms with Gasteiger partial charge in [-0.15, -0.1) is 5.19 Å². The van der Waals surface area contributed by atoms with Crippen molar-refractivity contribution in [3.05, 3.63) is 93.5 Å². The van der Waals surface area contributed by atoms with E-state index in [1.165, 1.54) is 38.9 Å². The maximum Gasteiger partial charge on any atom is 4.00 e. The molecule has 0 unspecified atom stereocenters. The standard InChI is InChI=1S/C39H57Si4.3ClH.Ti/c1-26-20-17-23-33(40(8,9)10)36(26)43(39-31(6)29(4)30(5)32(39)7,37-27(2)21-18-24-34(37)41(11,12)13)38-28(3)22-19-25-35(38)42(14,15)16;;;;/h17-25H,1-16H3;3*1H;/q-1;;;;+4/p-3. The molecule has 0 radical (unpaired) electrons. The van der Waals surface area contributed by atoms with Crippen LogP contribution in [0.4, 0.5) is 0 Å². The van der Waals surface area contributed by atoms with Crippen LogP contribution in [0.2, 0.25) is 58.9 Å². The van der Waals surface area contributed by atoms with E-state index >= 15 is 0 Å². The van der Waals surface area contributed by atoms with Gasteiger partial charge in [-0.2, -0.15) is 22.3 Å². The quantitative estimate of drug-likeness (QED) is 0.111. The molecule has 0 bridgehead atoms. The van der Waals surface area contributed by atoms with Crippen LogP contribution in [0, 0.1) is 48.5 Å². The van der Waals surface area contributed by atoms with E-state index in [1.807, 2.05) is 0 Å². The molecule has 4 aromatic carbocycles. The molecule has 0 amide bonds. The molecule has 0 saturated carbocycles. The summed E-state index contributed by atoms with van der Waals surface area (Å²) in [5, 5.41) is 11.8. The van der Waals surface area contributed by atoms with Gasteiger partial charge in [0.1, 0.15) is 8.07 Å². The predicted octanol–water partition coefficient (Wildman–Crippen LogP) is -2.41. The van der Waals surface area contributed by atoms with Gasteiger partial charge in [0.25, 0.3) is 0 Å². The molecular weight excluding hydrogens is 735 g/mol. The van der Waals surface area contributed by atoms with E-state index in [2.05, 4.69) is 162 Å². The van der Waals surface area contributed by atoms with Crippen molar-refractivity contribution in [3.8, 4) is 0 Å². The molecule has 0 aromatic heterocycles. The molecule has 4 rings (SSSR count). The molecule has 0 nitrogen and oxygen atoms in total. The Morgan fingerprint density at radius 1 is 0.404 bits per heavy atom. The number of aryl methyl sites for hydroxylation is 3. The molecule has 0 spiro atoms. The summed E-state index contributed by atoms with van der Waals surface area (Å²) in [5.74, 6) is 0. The maximum atomic E-state index is 2.57. The minimum Gasteiger partial charge on any atom is -1.00 e. The first-order valence-electron chi connectivity index (χ1n) is 16.2. The van der Waals surface area contributed by atoms with Crippen molar-refractivity contribution >= 4 is 68.6 Å². The summed E-state index contributed by atoms with van der Waals surface area (Å²) < 4.78 is 0. The van der Waals surface area contributed by atoms with E-state index in [4.69, 9.17) is 0 Å². The van der Waals surface area contributed by atoms with Crippen molar-refractivity contribution in [3.63, 3.8) is 0 Å². The van der Waals surface area contributed by atoms with Crippen molar-refractivity contribution in [2.24, 2.45) is 0 Å². The van der Waals surface area contributed by atoms with Crippen molar-refractivity contribution < 1.29 is 58.9 Å². The molecule has 0 saturated heterocycles. The third-order valence-electron chi connectivity index (χ3n) is 10.2. The van der Waals surface area contributed by atoms with Crippen molar-refractivity contribution in [1.29, 1.82) is 0 Å². The van der Waals surface area contributed by atoms with Gasteiger partial charge in [-0.25, -0.2) is 0 Å². The van der Waals surface area contributed by atoms with Gasteiger partial charge in [0.05, 0.1) is 24.2 Å². The molecule has 0 aliphatic heterocycles. The number of halogens is 3. The molecule has 0 aliphatic rings. The third kappa shape index (κ3) is 8.02. The van der Waals surface area contributed by atoms with Crippen molar-refractivity contribution in [1.82, 2.24) is 0 Å². The SMILES string of the molecule is Cc1cccc([Si](C)(C)C)c1[Si](c1c(C)cccc1[Si](C)(C)C)(c1c(C)cccc1[Si](C)(C)C)[c-]1c(C)c(C)c(C)c1C.[Cl-].[Cl-].[Cl-].[Ti+4]. The Morgan fingerprint density at radius 3 is 0.851 bits per heavy atom. The van der Waals surface area contributed by atoms with Crippen LogP contribution in [0.1, 0.15) is 38.9 Å². The Kier molecular flexibility index (Phi) is 16.0. The fourth-order valence-electron chi connectivity index (χ4n) is 7.90. The zero-order chi connectivity index (χ0) is 32.4. The van der Waals surface area contributed by atoms with Gasteiger partial charge < -0.3 is 37.2 Å². The predicted molar refractivity (Wildman–Crippen MR) is 208 cm³/mol. The Bertz CT molecular complexity index is 1520. The Hall–Kier alpha value is -0.538. The summed E-state index contributed by atoms with van der Waals surface area (Å²) in [6.07, 6.45) is 0. The molecule has 0 fully saturated rings. The minimum absolute atomic E-state index is 0. The number of benzene rings is 3. The summed E-state index contributed by atoms with van der Waals surface area (Å²) >= 11 is 0. The number of hydrogen-bond acceptors (Lipinski definition) is 0. The second-order valence-electron chi connectivity index (χ2n) is 16.4. The van der Waals surface area contributed by atoms with Gasteiger partial charge in [0.15, 0.2) is 0 Å². The Balaban J connectivity index is 0.00000529. The first kappa shape index (κ1) is 46.5. The molecule has 47 heavy (non-hydrogen) atoms. The van der Waals surface area contributed by atoms with Crippen LogP contribution in [0.5, 0.6) is 0 Å². The van der Waals surface area contributed by atoms with Crippen LogP contribution >= 0.6 is 0 Å². The fourth-order valence-corrected chi connectivity index (χ4v) is 24.1. The van der Waals surface area contributed by atoms with Gasteiger partial charge >= 0.3 is 21.7 Å². The van der Waals surface area contributed by atoms with E-state index in [9.17, 15) is 0 Å². The first-order valence-corrected chi connectivity index (χ1v) is 28.7. The molecule has 0 heterocycles. The summed E-state index contributed by atoms with van der Waals surface area (Å²) in [4.78, 5) is 0. The summed E-state index contributed by atoms with van der Waals surface area (Å²) in [6, 6.07) is 21.9. The number of hydrogen-bond donors (Lipinski definition) is 0. The molecule has 8 heteroatoms. The molecule has 0 aliphatic carbocycles. The van der Waals surface area contributed by atoms with Crippen LogP contribution in [0.25, 0.3) is 0 Å². The summed E-state index contributed by atoms with van der Waals surface area (Å²) in [6.45, 7) is 40.1. The van der Waals surface area contributed by atoms with Gasteiger partial charge in [0, 0.05) is 0 Å². The van der Waals surface area contributed by atoms with E-state index in [0.29, 0.717) is 0 Å². The van der Waals surface area contributed by atoms with Crippen molar-refractivity contribution in [2.75, 3.05) is 0 Å². The van der Waals surface area contributed by atoms with Gasteiger partial charge in [-0.3, -0.25) is 0 Å². The smallest absolute Gasteiger partial charge is 1.00 e. The van der Waals surface area contributed by atoms with Crippen LogP contribution in [0.3, 0.4) is 0 Å². The second-order valence-corrected chi connectivity index (χ2v) is 35.0. The van der Waals surface area contributed by atoms with Crippen molar-refractivity contribution in [2.45, 2.75) is 107 Å². The second kappa shape index (κ2) is 16.2. The maximum absolute atomic E-state index is 2.89. The normalized spacial score (nSPS) is 12.0. The Morgan fingerprint density at radius 2 is 0.638 bits per heavy atom. The zero-order valence-corrected chi connectivity index (χ0v) is 39.7. The molecule has 0 atom stereocenters. The monoisotopic (exact) mass is 790 g/mol. The molecule has 254 valence electrons. The minimum atomic E-state index is -2.89. The Labute approximate surface area is 325 Å². The van der Waals surface area contributed by atoms with Crippen LogP contribution < -0.4 is 73.5 Å². The van der Waals surface area contributed by atoms with Crippen LogP contribution in [-0.2, 0) is 21.7 Å². The van der Waals surface area contributed by atoms with Gasteiger partial charge in [0.2, 0.25) is 0 Å². The van der Waals surface area contributed by atoms with Crippen LogP contribution in [0.15, 0.2) is 54.6 Å². The fraction of sp³-hybridized carbons (Fsp3) is 0.410. The van der Waals surface area contributed by atoms with E-state index in [-0.39, 0.29) is 58.9 Å². The molecule has 0 N–H and O–H groups in total. The average molecular weight is 792 g/mol. The molecular formula is C39H57Cl3Si4Ti. The number of rotatable bonds is 7. The zero-order valence-electron chi connectivity index (χ0n) is 31.8. The van der Waals surface area contributed by atoms with Gasteiger partial charge in [-0.1, -0.05) is 189 Å². The third-order valence-corrected chi connectivity index (χ3v) is 22.8. The molecule has 4 aromatic rings. The topological polar surface area (TPSA) is 0 Å². The van der Waals surface area contributed by atoms with E-state index < -0.39 is 32.3 Å². The first-order chi connectivity index (χ1) is 19.7. The van der Waals surface area contributed by atoms with Crippen LogP contribution in [-0.4, -0.2) is 32.3 Å². The van der Waals surface area contributed by atoms with E-state index in [0.717, 1.165) is 0 Å². The van der Waals surface area contributed by atoms with E-state index in [1.54, 1.807) is 36.3 Å². The summed E-state index contributed by atoms with van der Waals surface area (Å²) in [5.41, 5.74) is 10.5.